The summed E-state index contributed by atoms with van der Waals surface area (Å²) in [6.45, 7) is 0.0793. The number of Topliss-reactive ketones (excluding diaryl/α,β-unsaturated/α-hetero) is 1. The Morgan fingerprint density at radius 1 is 1.03 bits per heavy atom. The Kier molecular flexibility index (Phi) is 6.33. The zero-order valence-electron chi connectivity index (χ0n) is 18.0. The van der Waals surface area contributed by atoms with Gasteiger partial charge in [0.25, 0.3) is 11.7 Å². The molecule has 0 spiro atoms. The molecule has 0 saturated carbocycles. The minimum atomic E-state index is -0.871. The molecular weight excluding hydrogens is 444 g/mol. The smallest absolute Gasteiger partial charge is 0.296 e. The monoisotopic (exact) mass is 464 g/mol. The van der Waals surface area contributed by atoms with E-state index in [0.717, 1.165) is 0 Å². The van der Waals surface area contributed by atoms with E-state index in [1.54, 1.807) is 60.8 Å². The number of carbonyl (C=O) groups excluding carboxylic acids is 2. The Morgan fingerprint density at radius 2 is 1.79 bits per heavy atom. The van der Waals surface area contributed by atoms with Crippen LogP contribution in [0.1, 0.15) is 22.9 Å². The molecule has 0 radical (unpaired) electrons. The van der Waals surface area contributed by atoms with Gasteiger partial charge in [-0.25, -0.2) is 0 Å². The van der Waals surface area contributed by atoms with Crippen molar-refractivity contribution in [2.45, 2.75) is 12.6 Å². The van der Waals surface area contributed by atoms with E-state index in [-0.39, 0.29) is 28.5 Å². The second kappa shape index (κ2) is 9.34. The summed E-state index contributed by atoms with van der Waals surface area (Å²) in [4.78, 5) is 32.0. The van der Waals surface area contributed by atoms with Crippen LogP contribution in [-0.4, -0.2) is 40.9 Å². The number of aliphatic hydroxyl groups excluding tert-OH is 1. The Hall–Kier alpha value is -3.84. The maximum atomic E-state index is 13.2. The van der Waals surface area contributed by atoms with E-state index >= 15 is 0 Å². The summed E-state index contributed by atoms with van der Waals surface area (Å²) in [5, 5.41) is 11.5. The van der Waals surface area contributed by atoms with Crippen LogP contribution in [0.15, 0.2) is 72.4 Å². The third kappa shape index (κ3) is 4.27. The Balaban J connectivity index is 1.91. The molecule has 1 aliphatic heterocycles. The summed E-state index contributed by atoms with van der Waals surface area (Å²) >= 11 is 6.33. The van der Waals surface area contributed by atoms with E-state index in [2.05, 4.69) is 4.98 Å². The predicted octanol–water partition coefficient (Wildman–Crippen LogP) is 4.37. The van der Waals surface area contributed by atoms with Crippen molar-refractivity contribution in [1.82, 2.24) is 9.88 Å². The second-order valence-corrected chi connectivity index (χ2v) is 7.78. The maximum Gasteiger partial charge on any atom is 0.296 e. The molecule has 33 heavy (non-hydrogen) atoms. The average Bonchev–Trinajstić information content (AvgIpc) is 3.09. The standard InChI is InChI=1S/C25H21ClN2O5/c1-32-17-8-5-6-15(12-17)22-21(23(29)19-13-18(33-2)9-10-20(19)26)24(30)25(31)28(22)14-16-7-3-4-11-27-16/h3-13,22,29H,14H2,1-2H3/b23-21+. The highest BCUT2D eigenvalue weighted by molar-refractivity contribution is 6.47. The molecule has 1 aromatic heterocycles. The lowest BCUT2D eigenvalue weighted by molar-refractivity contribution is -0.140. The number of benzene rings is 2. The summed E-state index contributed by atoms with van der Waals surface area (Å²) in [5.41, 5.74) is 1.33. The van der Waals surface area contributed by atoms with Crippen molar-refractivity contribution in [3.05, 3.63) is 94.3 Å². The first-order valence-electron chi connectivity index (χ1n) is 10.1. The van der Waals surface area contributed by atoms with Gasteiger partial charge in [0, 0.05) is 11.8 Å². The molecule has 1 saturated heterocycles. The summed E-state index contributed by atoms with van der Waals surface area (Å²) in [6, 6.07) is 16.2. The number of aromatic nitrogens is 1. The second-order valence-electron chi connectivity index (χ2n) is 7.37. The van der Waals surface area contributed by atoms with Crippen LogP contribution in [0.2, 0.25) is 5.02 Å². The number of likely N-dealkylation sites (tertiary alicyclic amines) is 1. The first-order valence-corrected chi connectivity index (χ1v) is 10.5. The van der Waals surface area contributed by atoms with Crippen LogP contribution in [0.3, 0.4) is 0 Å². The molecule has 1 fully saturated rings. The van der Waals surface area contributed by atoms with Gasteiger partial charge in [-0.1, -0.05) is 29.8 Å². The van der Waals surface area contributed by atoms with Crippen LogP contribution in [0.5, 0.6) is 11.5 Å². The van der Waals surface area contributed by atoms with E-state index in [1.165, 1.54) is 25.2 Å². The zero-order chi connectivity index (χ0) is 23.5. The number of hydrogen-bond donors (Lipinski definition) is 1. The number of hydrogen-bond acceptors (Lipinski definition) is 6. The molecule has 1 amide bonds. The molecule has 1 N–H and O–H groups in total. The number of amides is 1. The van der Waals surface area contributed by atoms with Gasteiger partial charge in [-0.05, 0) is 48.0 Å². The van der Waals surface area contributed by atoms with Crippen LogP contribution in [0.25, 0.3) is 5.76 Å². The van der Waals surface area contributed by atoms with Gasteiger partial charge in [0.05, 0.1) is 43.1 Å². The highest BCUT2D eigenvalue weighted by Crippen LogP contribution is 2.42. The molecule has 7 nitrogen and oxygen atoms in total. The van der Waals surface area contributed by atoms with E-state index in [4.69, 9.17) is 21.1 Å². The highest BCUT2D eigenvalue weighted by atomic mass is 35.5. The van der Waals surface area contributed by atoms with Crippen molar-refractivity contribution in [2.75, 3.05) is 14.2 Å². The molecule has 0 bridgehead atoms. The number of rotatable bonds is 6. The fraction of sp³-hybridized carbons (Fsp3) is 0.160. The van der Waals surface area contributed by atoms with Gasteiger partial charge in [0.2, 0.25) is 0 Å². The number of carbonyl (C=O) groups is 2. The van der Waals surface area contributed by atoms with E-state index < -0.39 is 17.7 Å². The molecule has 8 heteroatoms. The maximum absolute atomic E-state index is 13.2. The van der Waals surface area contributed by atoms with Gasteiger partial charge in [-0.3, -0.25) is 14.6 Å². The van der Waals surface area contributed by atoms with Gasteiger partial charge in [-0.2, -0.15) is 0 Å². The van der Waals surface area contributed by atoms with Crippen LogP contribution in [0, 0.1) is 0 Å². The van der Waals surface area contributed by atoms with Gasteiger partial charge < -0.3 is 19.5 Å². The minimum Gasteiger partial charge on any atom is -0.507 e. The van der Waals surface area contributed by atoms with Crippen molar-refractivity contribution in [1.29, 1.82) is 0 Å². The fourth-order valence-electron chi connectivity index (χ4n) is 3.83. The number of ketones is 1. The van der Waals surface area contributed by atoms with Gasteiger partial charge >= 0.3 is 0 Å². The Labute approximate surface area is 195 Å². The largest absolute Gasteiger partial charge is 0.507 e. The third-order valence-electron chi connectivity index (χ3n) is 5.44. The lowest BCUT2D eigenvalue weighted by Crippen LogP contribution is -2.29. The van der Waals surface area contributed by atoms with Crippen LogP contribution < -0.4 is 9.47 Å². The van der Waals surface area contributed by atoms with E-state index in [1.807, 2.05) is 0 Å². The molecule has 2 heterocycles. The van der Waals surface area contributed by atoms with E-state index in [0.29, 0.717) is 22.8 Å². The summed E-state index contributed by atoms with van der Waals surface area (Å²) in [6.07, 6.45) is 1.61. The fourth-order valence-corrected chi connectivity index (χ4v) is 4.03. The molecular formula is C25H21ClN2O5. The molecule has 0 aliphatic carbocycles. The lowest BCUT2D eigenvalue weighted by atomic mass is 9.95. The first kappa shape index (κ1) is 22.4. The van der Waals surface area contributed by atoms with Crippen LogP contribution >= 0.6 is 11.6 Å². The van der Waals surface area contributed by atoms with Crippen molar-refractivity contribution in [2.24, 2.45) is 0 Å². The number of methoxy groups -OCH3 is 2. The normalized spacial score (nSPS) is 17.3. The van der Waals surface area contributed by atoms with Crippen LogP contribution in [0.4, 0.5) is 0 Å². The van der Waals surface area contributed by atoms with Gasteiger partial charge in [0.15, 0.2) is 0 Å². The number of pyridine rings is 1. The Bertz CT molecular complexity index is 1240. The van der Waals surface area contributed by atoms with Gasteiger partial charge in [-0.15, -0.1) is 0 Å². The molecule has 4 rings (SSSR count). The number of halogens is 1. The topological polar surface area (TPSA) is 89.0 Å². The molecule has 1 aliphatic rings. The number of nitrogens with zero attached hydrogens (tertiary/aromatic N) is 2. The van der Waals surface area contributed by atoms with Crippen molar-refractivity contribution in [3.8, 4) is 11.5 Å². The summed E-state index contributed by atoms with van der Waals surface area (Å²) in [5.74, 6) is -0.935. The highest BCUT2D eigenvalue weighted by Gasteiger charge is 2.46. The molecule has 1 atom stereocenters. The summed E-state index contributed by atoms with van der Waals surface area (Å²) < 4.78 is 10.6. The third-order valence-corrected chi connectivity index (χ3v) is 5.77. The number of aliphatic hydroxyl groups is 1. The lowest BCUT2D eigenvalue weighted by Gasteiger charge is -2.25. The Morgan fingerprint density at radius 3 is 2.48 bits per heavy atom. The van der Waals surface area contributed by atoms with Crippen molar-refractivity contribution < 1.29 is 24.2 Å². The van der Waals surface area contributed by atoms with Crippen molar-refractivity contribution >= 4 is 29.1 Å². The number of ether oxygens (including phenoxy) is 2. The quantitative estimate of drug-likeness (QED) is 0.331. The predicted molar refractivity (Wildman–Crippen MR) is 123 cm³/mol. The molecule has 2 aromatic carbocycles. The molecule has 168 valence electrons. The van der Waals surface area contributed by atoms with Crippen molar-refractivity contribution in [3.63, 3.8) is 0 Å². The first-order chi connectivity index (χ1) is 15.9. The van der Waals surface area contributed by atoms with E-state index in [9.17, 15) is 14.7 Å². The average molecular weight is 465 g/mol. The minimum absolute atomic E-state index is 0.0701. The van der Waals surface area contributed by atoms with Gasteiger partial charge in [0.1, 0.15) is 17.3 Å². The van der Waals surface area contributed by atoms with Crippen LogP contribution in [-0.2, 0) is 16.1 Å². The molecule has 1 unspecified atom stereocenters. The summed E-state index contributed by atoms with van der Waals surface area (Å²) in [7, 11) is 3.01. The zero-order valence-corrected chi connectivity index (χ0v) is 18.7. The molecule has 3 aromatic rings. The SMILES string of the molecule is COc1cccc(C2/C(=C(\O)c3cc(OC)ccc3Cl)C(=O)C(=O)N2Cc2ccccn2)c1.